The van der Waals surface area contributed by atoms with E-state index in [0.717, 1.165) is 11.6 Å². The second-order valence-electron chi connectivity index (χ2n) is 4.24. The van der Waals surface area contributed by atoms with Crippen LogP contribution in [0.4, 0.5) is 4.39 Å². The minimum absolute atomic E-state index is 0.146. The molecule has 3 nitrogen and oxygen atoms in total. The standard InChI is InChI=1S/C15H13ClFNO2/c16-11-6-7-13(17)12(8-11)15(20)18-14(9-19)10-4-2-1-3-5-10/h1-8,14,19H,9H2,(H,18,20)/t14-/m0/s1. The van der Waals surface area contributed by atoms with Crippen molar-refractivity contribution in [1.82, 2.24) is 5.32 Å². The predicted octanol–water partition coefficient (Wildman–Crippen LogP) is 2.94. The molecule has 0 aliphatic heterocycles. The highest BCUT2D eigenvalue weighted by Gasteiger charge is 2.17. The van der Waals surface area contributed by atoms with E-state index < -0.39 is 17.8 Å². The average Bonchev–Trinajstić information content (AvgIpc) is 2.48. The number of aliphatic hydroxyl groups is 1. The Morgan fingerprint density at radius 1 is 1.25 bits per heavy atom. The fourth-order valence-electron chi connectivity index (χ4n) is 1.83. The van der Waals surface area contributed by atoms with Crippen molar-refractivity contribution < 1.29 is 14.3 Å². The molecule has 2 aromatic carbocycles. The SMILES string of the molecule is O=C(N[C@@H](CO)c1ccccc1)c1cc(Cl)ccc1F. The molecule has 0 saturated heterocycles. The van der Waals surface area contributed by atoms with Gasteiger partial charge in [-0.15, -0.1) is 0 Å². The first kappa shape index (κ1) is 14.5. The Morgan fingerprint density at radius 2 is 1.95 bits per heavy atom. The Kier molecular flexibility index (Phi) is 4.71. The van der Waals surface area contributed by atoms with E-state index in [9.17, 15) is 14.3 Å². The topological polar surface area (TPSA) is 49.3 Å². The summed E-state index contributed by atoms with van der Waals surface area (Å²) in [5.74, 6) is -1.27. The first-order valence-corrected chi connectivity index (χ1v) is 6.41. The van der Waals surface area contributed by atoms with Crippen LogP contribution in [-0.4, -0.2) is 17.6 Å². The molecule has 1 amide bonds. The average molecular weight is 294 g/mol. The van der Waals surface area contributed by atoms with Gasteiger partial charge in [0.15, 0.2) is 0 Å². The molecule has 5 heteroatoms. The van der Waals surface area contributed by atoms with Gasteiger partial charge in [-0.25, -0.2) is 4.39 Å². The van der Waals surface area contributed by atoms with Crippen molar-refractivity contribution in [2.45, 2.75) is 6.04 Å². The summed E-state index contributed by atoms with van der Waals surface area (Å²) in [7, 11) is 0. The van der Waals surface area contributed by atoms with Crippen LogP contribution < -0.4 is 5.32 Å². The first-order valence-electron chi connectivity index (χ1n) is 6.03. The Bertz CT molecular complexity index is 604. The highest BCUT2D eigenvalue weighted by Crippen LogP contribution is 2.17. The zero-order valence-corrected chi connectivity index (χ0v) is 11.3. The van der Waals surface area contributed by atoms with Crippen LogP contribution in [-0.2, 0) is 0 Å². The molecule has 20 heavy (non-hydrogen) atoms. The normalized spacial score (nSPS) is 11.9. The van der Waals surface area contributed by atoms with E-state index in [1.54, 1.807) is 24.3 Å². The third-order valence-corrected chi connectivity index (χ3v) is 3.10. The molecule has 0 radical (unpaired) electrons. The third-order valence-electron chi connectivity index (χ3n) is 2.86. The maximum absolute atomic E-state index is 13.6. The minimum Gasteiger partial charge on any atom is -0.394 e. The molecule has 0 fully saturated rings. The Labute approximate surface area is 121 Å². The lowest BCUT2D eigenvalue weighted by Gasteiger charge is -2.17. The third kappa shape index (κ3) is 3.35. The largest absolute Gasteiger partial charge is 0.394 e. The summed E-state index contributed by atoms with van der Waals surface area (Å²) in [6.07, 6.45) is 0. The summed E-state index contributed by atoms with van der Waals surface area (Å²) in [6, 6.07) is 12.1. The molecule has 0 aliphatic carbocycles. The van der Waals surface area contributed by atoms with Gasteiger partial charge in [0, 0.05) is 5.02 Å². The second-order valence-corrected chi connectivity index (χ2v) is 4.68. The molecule has 0 aromatic heterocycles. The van der Waals surface area contributed by atoms with Gasteiger partial charge < -0.3 is 10.4 Å². The van der Waals surface area contributed by atoms with Crippen LogP contribution in [0.25, 0.3) is 0 Å². The van der Waals surface area contributed by atoms with Crippen molar-refractivity contribution in [1.29, 1.82) is 0 Å². The lowest BCUT2D eigenvalue weighted by Crippen LogP contribution is -2.31. The molecule has 104 valence electrons. The molecule has 0 unspecified atom stereocenters. The number of carbonyl (C=O) groups excluding carboxylic acids is 1. The predicted molar refractivity (Wildman–Crippen MR) is 75.1 cm³/mol. The molecule has 1 atom stereocenters. The van der Waals surface area contributed by atoms with Gasteiger partial charge in [0.1, 0.15) is 5.82 Å². The summed E-state index contributed by atoms with van der Waals surface area (Å²) < 4.78 is 13.6. The number of benzene rings is 2. The summed E-state index contributed by atoms with van der Waals surface area (Å²) >= 11 is 5.75. The van der Waals surface area contributed by atoms with Crippen LogP contribution in [0.5, 0.6) is 0 Å². The number of carbonyl (C=O) groups is 1. The molecule has 0 heterocycles. The lowest BCUT2D eigenvalue weighted by atomic mass is 10.1. The van der Waals surface area contributed by atoms with Gasteiger partial charge in [0.05, 0.1) is 18.2 Å². The molecular weight excluding hydrogens is 281 g/mol. The quantitative estimate of drug-likeness (QED) is 0.910. The first-order chi connectivity index (χ1) is 9.61. The number of aliphatic hydroxyl groups excluding tert-OH is 1. The van der Waals surface area contributed by atoms with Gasteiger partial charge in [-0.2, -0.15) is 0 Å². The van der Waals surface area contributed by atoms with Crippen molar-refractivity contribution in [3.8, 4) is 0 Å². The van der Waals surface area contributed by atoms with Crippen LogP contribution in [0, 0.1) is 5.82 Å². The monoisotopic (exact) mass is 293 g/mol. The van der Waals surface area contributed by atoms with Crippen molar-refractivity contribution in [3.63, 3.8) is 0 Å². The van der Waals surface area contributed by atoms with E-state index in [-0.39, 0.29) is 17.2 Å². The molecule has 0 saturated carbocycles. The zero-order valence-electron chi connectivity index (χ0n) is 10.5. The van der Waals surface area contributed by atoms with Crippen LogP contribution in [0.2, 0.25) is 5.02 Å². The number of rotatable bonds is 4. The highest BCUT2D eigenvalue weighted by atomic mass is 35.5. The van der Waals surface area contributed by atoms with E-state index >= 15 is 0 Å². The number of nitrogens with one attached hydrogen (secondary N) is 1. The molecule has 2 rings (SSSR count). The smallest absolute Gasteiger partial charge is 0.254 e. The van der Waals surface area contributed by atoms with Crippen molar-refractivity contribution >= 4 is 17.5 Å². The summed E-state index contributed by atoms with van der Waals surface area (Å²) in [5, 5.41) is 12.2. The van der Waals surface area contributed by atoms with Crippen molar-refractivity contribution in [2.75, 3.05) is 6.61 Å². The van der Waals surface area contributed by atoms with E-state index in [1.807, 2.05) is 6.07 Å². The molecule has 0 spiro atoms. The van der Waals surface area contributed by atoms with Gasteiger partial charge >= 0.3 is 0 Å². The van der Waals surface area contributed by atoms with E-state index in [0.29, 0.717) is 0 Å². The second kappa shape index (κ2) is 6.50. The van der Waals surface area contributed by atoms with Gasteiger partial charge in [-0.1, -0.05) is 41.9 Å². The fraction of sp³-hybridized carbons (Fsp3) is 0.133. The Morgan fingerprint density at radius 3 is 2.60 bits per heavy atom. The maximum atomic E-state index is 13.6. The Balaban J connectivity index is 2.20. The van der Waals surface area contributed by atoms with Gasteiger partial charge in [-0.3, -0.25) is 4.79 Å². The lowest BCUT2D eigenvalue weighted by molar-refractivity contribution is 0.0912. The Hall–Kier alpha value is -1.91. The highest BCUT2D eigenvalue weighted by molar-refractivity contribution is 6.31. The van der Waals surface area contributed by atoms with Gasteiger partial charge in [0.25, 0.3) is 5.91 Å². The molecule has 0 bridgehead atoms. The fourth-order valence-corrected chi connectivity index (χ4v) is 2.00. The van der Waals surface area contributed by atoms with Gasteiger partial charge in [0.2, 0.25) is 0 Å². The van der Waals surface area contributed by atoms with Gasteiger partial charge in [-0.05, 0) is 23.8 Å². The molecule has 0 aliphatic rings. The van der Waals surface area contributed by atoms with Crippen molar-refractivity contribution in [3.05, 3.63) is 70.5 Å². The number of hydrogen-bond acceptors (Lipinski definition) is 2. The summed E-state index contributed by atoms with van der Waals surface area (Å²) in [4.78, 5) is 12.0. The van der Waals surface area contributed by atoms with E-state index in [1.165, 1.54) is 12.1 Å². The van der Waals surface area contributed by atoms with Crippen LogP contribution in [0.15, 0.2) is 48.5 Å². The summed E-state index contributed by atoms with van der Waals surface area (Å²) in [5.41, 5.74) is 0.595. The summed E-state index contributed by atoms with van der Waals surface area (Å²) in [6.45, 7) is -0.280. The maximum Gasteiger partial charge on any atom is 0.254 e. The molecule has 2 aromatic rings. The van der Waals surface area contributed by atoms with Crippen molar-refractivity contribution in [2.24, 2.45) is 0 Å². The minimum atomic E-state index is -0.656. The number of amides is 1. The molecular formula is C15H13ClFNO2. The van der Waals surface area contributed by atoms with Crippen LogP contribution in [0.1, 0.15) is 22.0 Å². The zero-order chi connectivity index (χ0) is 14.5. The van der Waals surface area contributed by atoms with Crippen LogP contribution >= 0.6 is 11.6 Å². The van der Waals surface area contributed by atoms with Crippen LogP contribution in [0.3, 0.4) is 0 Å². The molecule has 2 N–H and O–H groups in total. The number of halogens is 2. The van der Waals surface area contributed by atoms with E-state index in [2.05, 4.69) is 5.32 Å². The number of hydrogen-bond donors (Lipinski definition) is 2. The van der Waals surface area contributed by atoms with E-state index in [4.69, 9.17) is 11.6 Å².